The van der Waals surface area contributed by atoms with Gasteiger partial charge in [-0.2, -0.15) is 5.10 Å². The van der Waals surface area contributed by atoms with Crippen molar-refractivity contribution >= 4 is 15.8 Å². The lowest BCUT2D eigenvalue weighted by Gasteiger charge is -2.17. The van der Waals surface area contributed by atoms with Gasteiger partial charge >= 0.3 is 0 Å². The van der Waals surface area contributed by atoms with E-state index in [0.717, 1.165) is 11.3 Å². The molecule has 136 valence electrons. The smallest absolute Gasteiger partial charge is 0.191 e. The summed E-state index contributed by atoms with van der Waals surface area (Å²) in [6.07, 6.45) is 5.43. The summed E-state index contributed by atoms with van der Waals surface area (Å²) in [5.74, 6) is 0.801. The summed E-state index contributed by atoms with van der Waals surface area (Å²) in [6.45, 7) is 2.55. The molecule has 8 heteroatoms. The first-order valence-electron chi connectivity index (χ1n) is 8.11. The average molecular weight is 363 g/mol. The Balaban J connectivity index is 1.89. The highest BCUT2D eigenvalue weighted by Crippen LogP contribution is 2.09. The van der Waals surface area contributed by atoms with Gasteiger partial charge in [-0.3, -0.25) is 4.99 Å². The lowest BCUT2D eigenvalue weighted by molar-refractivity contribution is 0.581. The minimum atomic E-state index is -2.95. The van der Waals surface area contributed by atoms with Gasteiger partial charge in [0, 0.05) is 38.3 Å². The Labute approximate surface area is 149 Å². The standard InChI is InChI=1S/C17H25N5O2S/c1-14(8-11-25(3,23)24)21-17(18-2)19-13-15-6-4-7-16(12-15)22-10-5-9-20-22/h4-7,9-10,12,14H,8,11,13H2,1-3H3,(H2,18,19,21). The van der Waals surface area contributed by atoms with Crippen LogP contribution >= 0.6 is 0 Å². The number of hydrogen-bond acceptors (Lipinski definition) is 4. The number of benzene rings is 1. The van der Waals surface area contributed by atoms with Crippen LogP contribution in [-0.2, 0) is 16.4 Å². The fourth-order valence-electron chi connectivity index (χ4n) is 2.31. The van der Waals surface area contributed by atoms with Crippen molar-refractivity contribution in [3.63, 3.8) is 0 Å². The molecule has 1 aromatic carbocycles. The third-order valence-electron chi connectivity index (χ3n) is 3.67. The lowest BCUT2D eigenvalue weighted by atomic mass is 10.2. The molecule has 0 aliphatic rings. The molecule has 0 amide bonds. The first-order chi connectivity index (χ1) is 11.9. The first-order valence-corrected chi connectivity index (χ1v) is 10.2. The Morgan fingerprint density at radius 1 is 1.36 bits per heavy atom. The molecule has 7 nitrogen and oxygen atoms in total. The topological polar surface area (TPSA) is 88.4 Å². The Bertz CT molecular complexity index is 800. The second-order valence-electron chi connectivity index (χ2n) is 6.01. The van der Waals surface area contributed by atoms with E-state index in [0.29, 0.717) is 18.9 Å². The molecular weight excluding hydrogens is 338 g/mol. The van der Waals surface area contributed by atoms with Crippen molar-refractivity contribution in [1.29, 1.82) is 0 Å². The molecule has 0 fully saturated rings. The molecule has 1 unspecified atom stereocenters. The van der Waals surface area contributed by atoms with Crippen molar-refractivity contribution in [3.05, 3.63) is 48.3 Å². The van der Waals surface area contributed by atoms with E-state index < -0.39 is 9.84 Å². The van der Waals surface area contributed by atoms with Gasteiger partial charge in [-0.15, -0.1) is 0 Å². The number of nitrogens with zero attached hydrogens (tertiary/aromatic N) is 3. The van der Waals surface area contributed by atoms with Gasteiger partial charge in [0.15, 0.2) is 5.96 Å². The van der Waals surface area contributed by atoms with Crippen molar-refractivity contribution in [3.8, 4) is 5.69 Å². The van der Waals surface area contributed by atoms with Crippen LogP contribution in [0, 0.1) is 0 Å². The molecule has 0 spiro atoms. The van der Waals surface area contributed by atoms with Gasteiger partial charge in [0.1, 0.15) is 9.84 Å². The Morgan fingerprint density at radius 2 is 2.16 bits per heavy atom. The predicted molar refractivity (Wildman–Crippen MR) is 101 cm³/mol. The van der Waals surface area contributed by atoms with E-state index in [-0.39, 0.29) is 11.8 Å². The Morgan fingerprint density at radius 3 is 2.80 bits per heavy atom. The molecule has 25 heavy (non-hydrogen) atoms. The van der Waals surface area contributed by atoms with Crippen molar-refractivity contribution in [2.75, 3.05) is 19.1 Å². The van der Waals surface area contributed by atoms with E-state index in [1.165, 1.54) is 6.26 Å². The maximum Gasteiger partial charge on any atom is 0.191 e. The third-order valence-corrected chi connectivity index (χ3v) is 4.65. The monoisotopic (exact) mass is 363 g/mol. The molecule has 2 N–H and O–H groups in total. The highest BCUT2D eigenvalue weighted by atomic mass is 32.2. The number of rotatable bonds is 7. The number of aliphatic imine (C=N–C) groups is 1. The van der Waals surface area contributed by atoms with Crippen LogP contribution in [0.4, 0.5) is 0 Å². The zero-order valence-electron chi connectivity index (χ0n) is 14.8. The number of sulfone groups is 1. The summed E-state index contributed by atoms with van der Waals surface area (Å²) >= 11 is 0. The van der Waals surface area contributed by atoms with Crippen LogP contribution in [0.2, 0.25) is 0 Å². The Kier molecular flexibility index (Phi) is 6.58. The zero-order chi connectivity index (χ0) is 18.3. The second-order valence-corrected chi connectivity index (χ2v) is 8.27. The summed E-state index contributed by atoms with van der Waals surface area (Å²) in [5.41, 5.74) is 2.09. The van der Waals surface area contributed by atoms with E-state index in [1.54, 1.807) is 13.2 Å². The SMILES string of the molecule is CN=C(NCc1cccc(-n2cccn2)c1)NC(C)CCS(C)(=O)=O. The third kappa shape index (κ3) is 6.58. The average Bonchev–Trinajstić information content (AvgIpc) is 3.11. The molecule has 0 aliphatic carbocycles. The summed E-state index contributed by atoms with van der Waals surface area (Å²) in [6, 6.07) is 9.96. The zero-order valence-corrected chi connectivity index (χ0v) is 15.6. The van der Waals surface area contributed by atoms with Crippen LogP contribution in [0.25, 0.3) is 5.69 Å². The lowest BCUT2D eigenvalue weighted by Crippen LogP contribution is -2.42. The second kappa shape index (κ2) is 8.66. The highest BCUT2D eigenvalue weighted by molar-refractivity contribution is 7.90. The molecule has 0 saturated carbocycles. The number of nitrogens with one attached hydrogen (secondary N) is 2. The van der Waals surface area contributed by atoms with Crippen molar-refractivity contribution < 1.29 is 8.42 Å². The van der Waals surface area contributed by atoms with Gasteiger partial charge in [0.25, 0.3) is 0 Å². The van der Waals surface area contributed by atoms with Crippen LogP contribution in [0.15, 0.2) is 47.7 Å². The molecule has 2 aromatic rings. The molecule has 1 aromatic heterocycles. The summed E-state index contributed by atoms with van der Waals surface area (Å²) < 4.78 is 24.3. The van der Waals surface area contributed by atoms with Crippen LogP contribution in [0.5, 0.6) is 0 Å². The molecule has 0 saturated heterocycles. The summed E-state index contributed by atoms with van der Waals surface area (Å²) in [5, 5.41) is 10.7. The first kappa shape index (κ1) is 19.0. The van der Waals surface area contributed by atoms with Crippen LogP contribution in [-0.4, -0.2) is 49.3 Å². The highest BCUT2D eigenvalue weighted by Gasteiger charge is 2.09. The van der Waals surface area contributed by atoms with Gasteiger partial charge in [-0.05, 0) is 37.1 Å². The van der Waals surface area contributed by atoms with E-state index in [4.69, 9.17) is 0 Å². The van der Waals surface area contributed by atoms with Crippen LogP contribution in [0.1, 0.15) is 18.9 Å². The van der Waals surface area contributed by atoms with E-state index in [1.807, 2.05) is 42.1 Å². The maximum absolute atomic E-state index is 11.3. The summed E-state index contributed by atoms with van der Waals surface area (Å²) in [4.78, 5) is 4.19. The fourth-order valence-corrected chi connectivity index (χ4v) is 3.09. The van der Waals surface area contributed by atoms with Gasteiger partial charge in [0.05, 0.1) is 11.4 Å². The maximum atomic E-state index is 11.3. The van der Waals surface area contributed by atoms with Crippen LogP contribution < -0.4 is 10.6 Å². The fraction of sp³-hybridized carbons (Fsp3) is 0.412. The quantitative estimate of drug-likeness (QED) is 0.573. The number of hydrogen-bond donors (Lipinski definition) is 2. The minimum Gasteiger partial charge on any atom is -0.354 e. The molecule has 0 aliphatic heterocycles. The Hall–Kier alpha value is -2.35. The molecule has 0 bridgehead atoms. The largest absolute Gasteiger partial charge is 0.354 e. The van der Waals surface area contributed by atoms with E-state index in [2.05, 4.69) is 26.8 Å². The number of guanidine groups is 1. The predicted octanol–water partition coefficient (Wildman–Crippen LogP) is 1.36. The molecule has 2 rings (SSSR count). The van der Waals surface area contributed by atoms with Crippen molar-refractivity contribution in [1.82, 2.24) is 20.4 Å². The molecule has 1 heterocycles. The summed E-state index contributed by atoms with van der Waals surface area (Å²) in [7, 11) is -1.26. The van der Waals surface area contributed by atoms with Gasteiger partial charge < -0.3 is 10.6 Å². The van der Waals surface area contributed by atoms with Crippen molar-refractivity contribution in [2.45, 2.75) is 25.9 Å². The van der Waals surface area contributed by atoms with Gasteiger partial charge in [-0.25, -0.2) is 13.1 Å². The van der Waals surface area contributed by atoms with Gasteiger partial charge in [-0.1, -0.05) is 12.1 Å². The number of aromatic nitrogens is 2. The van der Waals surface area contributed by atoms with E-state index >= 15 is 0 Å². The molecular formula is C17H25N5O2S. The van der Waals surface area contributed by atoms with E-state index in [9.17, 15) is 8.42 Å². The normalized spacial score (nSPS) is 13.5. The van der Waals surface area contributed by atoms with Crippen molar-refractivity contribution in [2.24, 2.45) is 4.99 Å². The van der Waals surface area contributed by atoms with Gasteiger partial charge in [0.2, 0.25) is 0 Å². The molecule has 1 atom stereocenters. The van der Waals surface area contributed by atoms with Crippen LogP contribution in [0.3, 0.4) is 0 Å². The molecule has 0 radical (unpaired) electrons. The minimum absolute atomic E-state index is 0.0105.